The van der Waals surface area contributed by atoms with E-state index in [4.69, 9.17) is 0 Å². The number of halogens is 1. The molecule has 2 amide bonds. The lowest BCUT2D eigenvalue weighted by Crippen LogP contribution is -2.48. The second-order valence-electron chi connectivity index (χ2n) is 6.91. The van der Waals surface area contributed by atoms with Crippen LogP contribution in [0.4, 0.5) is 4.39 Å². The van der Waals surface area contributed by atoms with Gasteiger partial charge in [0.2, 0.25) is 11.8 Å². The van der Waals surface area contributed by atoms with Crippen LogP contribution in [0.3, 0.4) is 0 Å². The third-order valence-corrected chi connectivity index (χ3v) is 4.62. The Kier molecular flexibility index (Phi) is 5.59. The molecule has 0 bridgehead atoms. The van der Waals surface area contributed by atoms with E-state index in [1.54, 1.807) is 37.9 Å². The molecule has 1 aromatic rings. The van der Waals surface area contributed by atoms with Crippen LogP contribution in [0.5, 0.6) is 0 Å². The van der Waals surface area contributed by atoms with Crippen molar-refractivity contribution in [2.45, 2.75) is 38.2 Å². The molecule has 1 fully saturated rings. The van der Waals surface area contributed by atoms with Gasteiger partial charge in [0.05, 0.1) is 18.1 Å². The smallest absolute Gasteiger partial charge is 0.242 e. The second kappa shape index (κ2) is 7.30. The van der Waals surface area contributed by atoms with E-state index in [2.05, 4.69) is 0 Å². The molecule has 24 heavy (non-hydrogen) atoms. The Balaban J connectivity index is 2.02. The number of hydrogen-bond donors (Lipinski definition) is 1. The summed E-state index contributed by atoms with van der Waals surface area (Å²) in [5.41, 5.74) is -0.345. The predicted molar refractivity (Wildman–Crippen MR) is 88.9 cm³/mol. The average molecular weight is 336 g/mol. The van der Waals surface area contributed by atoms with E-state index >= 15 is 0 Å². The molecule has 0 aliphatic carbocycles. The van der Waals surface area contributed by atoms with Crippen molar-refractivity contribution in [3.8, 4) is 0 Å². The number of likely N-dealkylation sites (tertiary alicyclic amines) is 1. The summed E-state index contributed by atoms with van der Waals surface area (Å²) in [5.74, 6) is -0.759. The summed E-state index contributed by atoms with van der Waals surface area (Å²) in [5, 5.41) is 9.50. The Labute approximate surface area is 142 Å². The Morgan fingerprint density at radius 1 is 1.33 bits per heavy atom. The number of carbonyl (C=O) groups excluding carboxylic acids is 2. The Bertz CT molecular complexity index is 610. The summed E-state index contributed by atoms with van der Waals surface area (Å²) >= 11 is 0. The minimum Gasteiger partial charge on any atom is -0.393 e. The molecule has 0 spiro atoms. The van der Waals surface area contributed by atoms with E-state index in [1.807, 2.05) is 0 Å². The van der Waals surface area contributed by atoms with Crippen LogP contribution in [0, 0.1) is 5.82 Å². The Morgan fingerprint density at radius 2 is 1.96 bits per heavy atom. The van der Waals surface area contributed by atoms with E-state index in [1.165, 1.54) is 17.0 Å². The van der Waals surface area contributed by atoms with E-state index < -0.39 is 5.41 Å². The summed E-state index contributed by atoms with van der Waals surface area (Å²) in [6.07, 6.45) is 0.788. The highest BCUT2D eigenvalue weighted by Gasteiger charge is 2.34. The van der Waals surface area contributed by atoms with Crippen molar-refractivity contribution in [1.82, 2.24) is 9.80 Å². The maximum Gasteiger partial charge on any atom is 0.242 e. The molecule has 2 rings (SSSR count). The molecule has 1 aromatic carbocycles. The number of aliphatic hydroxyl groups excluding tert-OH is 1. The number of amides is 2. The largest absolute Gasteiger partial charge is 0.393 e. The summed E-state index contributed by atoms with van der Waals surface area (Å²) in [6.45, 7) is 4.45. The van der Waals surface area contributed by atoms with Crippen LogP contribution in [-0.2, 0) is 15.0 Å². The molecule has 0 aromatic heterocycles. The highest BCUT2D eigenvalue weighted by atomic mass is 19.1. The van der Waals surface area contributed by atoms with E-state index in [9.17, 15) is 19.1 Å². The SMILES string of the molecule is CN(CC(=O)N1CCC(O)CC1)C(=O)C(C)(C)c1cccc(F)c1. The number of likely N-dealkylation sites (N-methyl/N-ethyl adjacent to an activating group) is 1. The Morgan fingerprint density at radius 3 is 2.54 bits per heavy atom. The molecule has 1 aliphatic heterocycles. The first-order valence-corrected chi connectivity index (χ1v) is 8.19. The van der Waals surface area contributed by atoms with E-state index in [0.29, 0.717) is 31.5 Å². The molecule has 1 heterocycles. The van der Waals surface area contributed by atoms with Gasteiger partial charge in [-0.15, -0.1) is 0 Å². The zero-order chi connectivity index (χ0) is 17.9. The quantitative estimate of drug-likeness (QED) is 0.907. The number of rotatable bonds is 4. The molecule has 1 N–H and O–H groups in total. The highest BCUT2D eigenvalue weighted by Crippen LogP contribution is 2.26. The molecular formula is C18H25FN2O3. The molecule has 5 nitrogen and oxygen atoms in total. The van der Waals surface area contributed by atoms with Gasteiger partial charge in [0, 0.05) is 20.1 Å². The normalized spacial score (nSPS) is 16.1. The van der Waals surface area contributed by atoms with Crippen LogP contribution < -0.4 is 0 Å². The van der Waals surface area contributed by atoms with Crippen LogP contribution >= 0.6 is 0 Å². The van der Waals surface area contributed by atoms with Crippen molar-refractivity contribution in [2.75, 3.05) is 26.7 Å². The molecule has 0 atom stereocenters. The molecule has 0 saturated carbocycles. The van der Waals surface area contributed by atoms with Gasteiger partial charge >= 0.3 is 0 Å². The van der Waals surface area contributed by atoms with Gasteiger partial charge in [0.15, 0.2) is 0 Å². The third-order valence-electron chi connectivity index (χ3n) is 4.62. The number of carbonyl (C=O) groups is 2. The fraction of sp³-hybridized carbons (Fsp3) is 0.556. The second-order valence-corrected chi connectivity index (χ2v) is 6.91. The minimum absolute atomic E-state index is 0.0202. The van der Waals surface area contributed by atoms with Crippen LogP contribution in [0.25, 0.3) is 0 Å². The van der Waals surface area contributed by atoms with Gasteiger partial charge in [0.25, 0.3) is 0 Å². The average Bonchev–Trinajstić information content (AvgIpc) is 2.54. The summed E-state index contributed by atoms with van der Waals surface area (Å²) in [6, 6.07) is 5.97. The molecule has 0 radical (unpaired) electrons. The summed E-state index contributed by atoms with van der Waals surface area (Å²) in [4.78, 5) is 28.1. The third kappa shape index (κ3) is 4.12. The maximum atomic E-state index is 13.4. The number of aliphatic hydroxyl groups is 1. The van der Waals surface area contributed by atoms with Crippen LogP contribution in [0.2, 0.25) is 0 Å². The standard InChI is InChI=1S/C18H25FN2O3/c1-18(2,13-5-4-6-14(19)11-13)17(24)20(3)12-16(23)21-9-7-15(22)8-10-21/h4-6,11,15,22H,7-10,12H2,1-3H3. The fourth-order valence-electron chi connectivity index (χ4n) is 2.97. The van der Waals surface area contributed by atoms with Crippen LogP contribution in [-0.4, -0.2) is 59.5 Å². The number of benzene rings is 1. The summed E-state index contributed by atoms with van der Waals surface area (Å²) < 4.78 is 13.4. The minimum atomic E-state index is -0.921. The molecule has 1 aliphatic rings. The van der Waals surface area contributed by atoms with Crippen molar-refractivity contribution >= 4 is 11.8 Å². The number of piperidine rings is 1. The van der Waals surface area contributed by atoms with Crippen molar-refractivity contribution in [3.05, 3.63) is 35.6 Å². The van der Waals surface area contributed by atoms with Gasteiger partial charge in [0.1, 0.15) is 5.82 Å². The van der Waals surface area contributed by atoms with Gasteiger partial charge in [-0.2, -0.15) is 0 Å². The first-order valence-electron chi connectivity index (χ1n) is 8.19. The lowest BCUT2D eigenvalue weighted by molar-refractivity contribution is -0.143. The highest BCUT2D eigenvalue weighted by molar-refractivity contribution is 5.90. The monoisotopic (exact) mass is 336 g/mol. The van der Waals surface area contributed by atoms with Crippen molar-refractivity contribution in [3.63, 3.8) is 0 Å². The molecule has 0 unspecified atom stereocenters. The van der Waals surface area contributed by atoms with Gasteiger partial charge in [-0.1, -0.05) is 12.1 Å². The fourth-order valence-corrected chi connectivity index (χ4v) is 2.97. The van der Waals surface area contributed by atoms with E-state index in [-0.39, 0.29) is 30.3 Å². The predicted octanol–water partition coefficient (Wildman–Crippen LogP) is 1.54. The zero-order valence-corrected chi connectivity index (χ0v) is 14.5. The van der Waals surface area contributed by atoms with Crippen molar-refractivity contribution in [1.29, 1.82) is 0 Å². The van der Waals surface area contributed by atoms with Crippen LogP contribution in [0.1, 0.15) is 32.3 Å². The van der Waals surface area contributed by atoms with Gasteiger partial charge < -0.3 is 14.9 Å². The van der Waals surface area contributed by atoms with Crippen molar-refractivity contribution in [2.24, 2.45) is 0 Å². The molecule has 132 valence electrons. The molecule has 1 saturated heterocycles. The first kappa shape index (κ1) is 18.4. The lowest BCUT2D eigenvalue weighted by Gasteiger charge is -2.33. The number of nitrogens with zero attached hydrogens (tertiary/aromatic N) is 2. The Hall–Kier alpha value is -1.95. The van der Waals surface area contributed by atoms with Gasteiger partial charge in [-0.3, -0.25) is 9.59 Å². The van der Waals surface area contributed by atoms with Gasteiger partial charge in [-0.25, -0.2) is 4.39 Å². The molecule has 6 heteroatoms. The van der Waals surface area contributed by atoms with Crippen LogP contribution in [0.15, 0.2) is 24.3 Å². The topological polar surface area (TPSA) is 60.9 Å². The van der Waals surface area contributed by atoms with Crippen molar-refractivity contribution < 1.29 is 19.1 Å². The maximum absolute atomic E-state index is 13.4. The van der Waals surface area contributed by atoms with E-state index in [0.717, 1.165) is 0 Å². The van der Waals surface area contributed by atoms with Gasteiger partial charge in [-0.05, 0) is 44.4 Å². The zero-order valence-electron chi connectivity index (χ0n) is 14.5. The summed E-state index contributed by atoms with van der Waals surface area (Å²) in [7, 11) is 1.58. The molecular weight excluding hydrogens is 311 g/mol. The lowest BCUT2D eigenvalue weighted by atomic mass is 9.83. The number of hydrogen-bond acceptors (Lipinski definition) is 3. The first-order chi connectivity index (χ1) is 11.2.